The number of carbonyl (C=O) groups excluding carboxylic acids is 4. The molecule has 5 rings (SSSR count). The molecule has 266 valence electrons. The average Bonchev–Trinajstić information content (AvgIpc) is 3.59. The summed E-state index contributed by atoms with van der Waals surface area (Å²) in [6.07, 6.45) is 5.54. The second-order valence-electron chi connectivity index (χ2n) is 11.5. The van der Waals surface area contributed by atoms with Crippen LogP contribution in [0.5, 0.6) is 0 Å². The van der Waals surface area contributed by atoms with E-state index in [9.17, 15) is 19.2 Å². The fourth-order valence-electron chi connectivity index (χ4n) is 5.07. The molecule has 1 aromatic heterocycles. The number of rotatable bonds is 15. The van der Waals surface area contributed by atoms with Crippen molar-refractivity contribution in [2.45, 2.75) is 38.5 Å². The Kier molecular flexibility index (Phi) is 13.2. The quantitative estimate of drug-likeness (QED) is 0.0276. The number of para-hydroxylation sites is 1. The smallest absolute Gasteiger partial charge is 0.338 e. The number of ether oxygens (including phenoxy) is 2. The van der Waals surface area contributed by atoms with Crippen LogP contribution in [0.4, 0.5) is 11.4 Å². The van der Waals surface area contributed by atoms with Gasteiger partial charge in [-0.25, -0.2) is 14.3 Å². The van der Waals surface area contributed by atoms with Crippen LogP contribution in [0.3, 0.4) is 0 Å². The number of esters is 2. The van der Waals surface area contributed by atoms with Crippen LogP contribution >= 0.6 is 11.8 Å². The summed E-state index contributed by atoms with van der Waals surface area (Å²) in [6, 6.07) is 30.0. The predicted molar refractivity (Wildman–Crippen MR) is 205 cm³/mol. The molecule has 52 heavy (non-hydrogen) atoms. The first-order valence-corrected chi connectivity index (χ1v) is 18.0. The van der Waals surface area contributed by atoms with E-state index in [0.717, 1.165) is 34.7 Å². The highest BCUT2D eigenvalue weighted by molar-refractivity contribution is 7.99. The van der Waals surface area contributed by atoms with Crippen molar-refractivity contribution in [1.29, 1.82) is 0 Å². The number of hydrogen-bond donors (Lipinski definition) is 2. The molecule has 11 heteroatoms. The molecule has 1 heterocycles. The lowest BCUT2D eigenvalue weighted by Crippen LogP contribution is -2.25. The first-order valence-electron chi connectivity index (χ1n) is 17.1. The van der Waals surface area contributed by atoms with E-state index in [4.69, 9.17) is 14.6 Å². The van der Waals surface area contributed by atoms with Crippen molar-refractivity contribution < 1.29 is 28.7 Å². The molecule has 0 atom stereocenters. The molecule has 0 unspecified atom stereocenters. The van der Waals surface area contributed by atoms with Crippen LogP contribution < -0.4 is 10.6 Å². The highest BCUT2D eigenvalue weighted by Gasteiger charge is 2.22. The highest BCUT2D eigenvalue weighted by atomic mass is 32.2. The van der Waals surface area contributed by atoms with E-state index in [1.54, 1.807) is 60.8 Å². The van der Waals surface area contributed by atoms with Crippen LogP contribution in [0.25, 0.3) is 23.0 Å². The Morgan fingerprint density at radius 2 is 1.25 bits per heavy atom. The van der Waals surface area contributed by atoms with Gasteiger partial charge in [0.15, 0.2) is 0 Å². The van der Waals surface area contributed by atoms with Gasteiger partial charge in [-0.2, -0.15) is 5.10 Å². The van der Waals surface area contributed by atoms with E-state index in [1.807, 2.05) is 54.6 Å². The monoisotopic (exact) mass is 716 g/mol. The third-order valence-corrected chi connectivity index (χ3v) is 8.85. The first-order chi connectivity index (χ1) is 25.3. The molecule has 0 bridgehead atoms. The SMILES string of the molecule is CCCCSc1ccc(-c2nn(-c3ccccc3)cc2C=C(C(=O)Nc2ccc(C(=O)OCC)cc2)C(=O)Nc2ccc(C(=O)OCC)cc2)cc1. The minimum Gasteiger partial charge on any atom is -0.462 e. The lowest BCUT2D eigenvalue weighted by Gasteiger charge is -2.11. The molecule has 0 aliphatic rings. The second kappa shape index (κ2) is 18.3. The van der Waals surface area contributed by atoms with Crippen LogP contribution in [0.2, 0.25) is 0 Å². The van der Waals surface area contributed by atoms with Gasteiger partial charge in [-0.1, -0.05) is 43.7 Å². The van der Waals surface area contributed by atoms with Crippen LogP contribution in [-0.2, 0) is 19.1 Å². The van der Waals surface area contributed by atoms with Gasteiger partial charge in [0.1, 0.15) is 5.57 Å². The number of aromatic nitrogens is 2. The molecule has 5 aromatic rings. The van der Waals surface area contributed by atoms with E-state index < -0.39 is 23.8 Å². The summed E-state index contributed by atoms with van der Waals surface area (Å²) in [5.41, 5.74) is 3.90. The zero-order valence-electron chi connectivity index (χ0n) is 29.3. The van der Waals surface area contributed by atoms with Crippen LogP contribution in [-0.4, -0.2) is 52.5 Å². The van der Waals surface area contributed by atoms with Crippen molar-refractivity contribution in [3.8, 4) is 16.9 Å². The van der Waals surface area contributed by atoms with Gasteiger partial charge >= 0.3 is 11.9 Å². The zero-order chi connectivity index (χ0) is 36.9. The standard InChI is InChI=1S/C41H40N4O6S/c1-4-7-25-52-35-23-17-28(18-24-35)37-31(27-45(44-37)34-11-9-8-10-12-34)26-36(38(46)42-32-19-13-29(14-20-32)40(48)50-5-2)39(47)43-33-21-15-30(16-22-33)41(49)51-6-3/h8-24,26-27H,4-7,25H2,1-3H3,(H,42,46)(H,43,47). The maximum atomic E-state index is 14.0. The number of hydrogen-bond acceptors (Lipinski definition) is 8. The van der Waals surface area contributed by atoms with E-state index in [0.29, 0.717) is 33.8 Å². The van der Waals surface area contributed by atoms with Gasteiger partial charge in [0.25, 0.3) is 11.8 Å². The largest absolute Gasteiger partial charge is 0.462 e. The van der Waals surface area contributed by atoms with E-state index in [-0.39, 0.29) is 18.8 Å². The van der Waals surface area contributed by atoms with Gasteiger partial charge < -0.3 is 20.1 Å². The van der Waals surface area contributed by atoms with Crippen molar-refractivity contribution >= 4 is 53.0 Å². The molecule has 0 saturated heterocycles. The molecule has 10 nitrogen and oxygen atoms in total. The number of unbranched alkanes of at least 4 members (excludes halogenated alkanes) is 1. The normalized spacial score (nSPS) is 10.6. The van der Waals surface area contributed by atoms with Crippen LogP contribution in [0, 0.1) is 0 Å². The Hall–Kier alpha value is -5.94. The first kappa shape index (κ1) is 37.3. The number of carbonyl (C=O) groups is 4. The van der Waals surface area contributed by atoms with Crippen molar-refractivity contribution in [3.05, 3.63) is 132 Å². The maximum Gasteiger partial charge on any atom is 0.338 e. The minimum absolute atomic E-state index is 0.204. The second-order valence-corrected chi connectivity index (χ2v) is 12.7. The molecular formula is C41H40N4O6S. The van der Waals surface area contributed by atoms with Gasteiger partial charge in [0.05, 0.1) is 35.7 Å². The summed E-state index contributed by atoms with van der Waals surface area (Å²) >= 11 is 1.79. The third-order valence-electron chi connectivity index (χ3n) is 7.75. The number of thioether (sulfide) groups is 1. The van der Waals surface area contributed by atoms with Gasteiger partial charge in [0.2, 0.25) is 0 Å². The number of nitrogens with zero attached hydrogens (tertiary/aromatic N) is 2. The van der Waals surface area contributed by atoms with Gasteiger partial charge in [-0.3, -0.25) is 9.59 Å². The van der Waals surface area contributed by atoms with E-state index in [1.165, 1.54) is 30.3 Å². The fraction of sp³-hybridized carbons (Fsp3) is 0.195. The van der Waals surface area contributed by atoms with Crippen LogP contribution in [0.1, 0.15) is 59.9 Å². The van der Waals surface area contributed by atoms with Crippen molar-refractivity contribution in [1.82, 2.24) is 9.78 Å². The summed E-state index contributed by atoms with van der Waals surface area (Å²) < 4.78 is 11.8. The molecule has 0 spiro atoms. The molecule has 0 fully saturated rings. The molecule has 0 radical (unpaired) electrons. The molecule has 0 saturated carbocycles. The van der Waals surface area contributed by atoms with Crippen molar-refractivity contribution in [3.63, 3.8) is 0 Å². The molecule has 0 aliphatic heterocycles. The summed E-state index contributed by atoms with van der Waals surface area (Å²) in [5, 5.41) is 10.5. The number of benzene rings is 4. The Morgan fingerprint density at radius 3 is 1.75 bits per heavy atom. The fourth-order valence-corrected chi connectivity index (χ4v) is 6.07. The topological polar surface area (TPSA) is 129 Å². The summed E-state index contributed by atoms with van der Waals surface area (Å²) in [4.78, 5) is 53.4. The van der Waals surface area contributed by atoms with Crippen molar-refractivity contribution in [2.75, 3.05) is 29.6 Å². The van der Waals surface area contributed by atoms with Crippen molar-refractivity contribution in [2.24, 2.45) is 0 Å². The van der Waals surface area contributed by atoms with Gasteiger partial charge in [0, 0.05) is 33.6 Å². The summed E-state index contributed by atoms with van der Waals surface area (Å²) in [6.45, 7) is 6.07. The Balaban J connectivity index is 1.53. The molecule has 2 amide bonds. The lowest BCUT2D eigenvalue weighted by atomic mass is 10.0. The van der Waals surface area contributed by atoms with E-state index >= 15 is 0 Å². The molecular weight excluding hydrogens is 677 g/mol. The lowest BCUT2D eigenvalue weighted by molar-refractivity contribution is -0.118. The average molecular weight is 717 g/mol. The van der Waals surface area contributed by atoms with Crippen LogP contribution in [0.15, 0.2) is 120 Å². The Morgan fingerprint density at radius 1 is 0.712 bits per heavy atom. The Bertz CT molecular complexity index is 1950. The number of amides is 2. The number of anilines is 2. The zero-order valence-corrected chi connectivity index (χ0v) is 30.1. The highest BCUT2D eigenvalue weighted by Crippen LogP contribution is 2.29. The van der Waals surface area contributed by atoms with Gasteiger partial charge in [-0.05, 0) is 105 Å². The molecule has 4 aromatic carbocycles. The predicted octanol–water partition coefficient (Wildman–Crippen LogP) is 8.45. The third kappa shape index (κ3) is 9.85. The summed E-state index contributed by atoms with van der Waals surface area (Å²) in [7, 11) is 0. The molecule has 0 aliphatic carbocycles. The van der Waals surface area contributed by atoms with E-state index in [2.05, 4.69) is 17.6 Å². The molecule has 2 N–H and O–H groups in total. The summed E-state index contributed by atoms with van der Waals surface area (Å²) in [5.74, 6) is -1.32. The van der Waals surface area contributed by atoms with Gasteiger partial charge in [-0.15, -0.1) is 11.8 Å². The minimum atomic E-state index is -0.689. The maximum absolute atomic E-state index is 14.0. The Labute approximate surface area is 307 Å². The number of nitrogens with one attached hydrogen (secondary N) is 2.